The van der Waals surface area contributed by atoms with E-state index in [1.807, 2.05) is 37.3 Å². The highest BCUT2D eigenvalue weighted by atomic mass is 16.3. The molecule has 0 saturated carbocycles. The first-order valence-electron chi connectivity index (χ1n) is 9.58. The molecule has 1 aromatic rings. The molecule has 0 aromatic heterocycles. The molecule has 146 valence electrons. The predicted molar refractivity (Wildman–Crippen MR) is 107 cm³/mol. The molecule has 1 rings (SSSR count). The number of hydrogen-bond donors (Lipinski definition) is 4. The van der Waals surface area contributed by atoms with Gasteiger partial charge in [-0.15, -0.1) is 0 Å². The number of amides is 1. The van der Waals surface area contributed by atoms with E-state index in [0.717, 1.165) is 31.2 Å². The fourth-order valence-electron chi connectivity index (χ4n) is 2.83. The molecule has 0 aliphatic heterocycles. The molecule has 0 spiro atoms. The van der Waals surface area contributed by atoms with E-state index in [-0.39, 0.29) is 12.5 Å². The lowest BCUT2D eigenvalue weighted by Gasteiger charge is -2.28. The third-order valence-corrected chi connectivity index (χ3v) is 4.07. The zero-order valence-corrected chi connectivity index (χ0v) is 16.3. The maximum absolute atomic E-state index is 12.0. The van der Waals surface area contributed by atoms with Gasteiger partial charge in [0.05, 0.1) is 5.60 Å². The Kier molecular flexibility index (Phi) is 10.4. The van der Waals surface area contributed by atoms with E-state index in [1.165, 1.54) is 0 Å². The van der Waals surface area contributed by atoms with Gasteiger partial charge in [0, 0.05) is 19.6 Å². The molecule has 0 fully saturated rings. The standard InChI is InChI=1S/C20H34N4O2/c1-4-12-20(26,13-5-2)16-24-19(21-6-3)23-15-18(25)22-14-17-10-8-7-9-11-17/h7-11,26H,4-6,12-16H2,1-3H3,(H,22,25)(H2,21,23,24). The van der Waals surface area contributed by atoms with Crippen LogP contribution < -0.4 is 16.0 Å². The van der Waals surface area contributed by atoms with Crippen LogP contribution in [0.3, 0.4) is 0 Å². The molecular weight excluding hydrogens is 328 g/mol. The Bertz CT molecular complexity index is 540. The SMILES string of the molecule is CCCC(O)(CCC)CNC(=NCC(=O)NCc1ccccc1)NCC. The highest BCUT2D eigenvalue weighted by Crippen LogP contribution is 2.18. The van der Waals surface area contributed by atoms with E-state index in [4.69, 9.17) is 0 Å². The van der Waals surface area contributed by atoms with Crippen molar-refractivity contribution in [2.24, 2.45) is 4.99 Å². The topological polar surface area (TPSA) is 85.8 Å². The molecule has 1 aromatic carbocycles. The number of aliphatic hydroxyl groups is 1. The number of carbonyl (C=O) groups excluding carboxylic acids is 1. The molecule has 0 radical (unpaired) electrons. The van der Waals surface area contributed by atoms with Gasteiger partial charge >= 0.3 is 0 Å². The van der Waals surface area contributed by atoms with Crippen molar-refractivity contribution in [1.29, 1.82) is 0 Å². The van der Waals surface area contributed by atoms with Gasteiger partial charge in [-0.25, -0.2) is 4.99 Å². The minimum Gasteiger partial charge on any atom is -0.388 e. The van der Waals surface area contributed by atoms with Crippen molar-refractivity contribution < 1.29 is 9.90 Å². The second kappa shape index (κ2) is 12.3. The summed E-state index contributed by atoms with van der Waals surface area (Å²) in [7, 11) is 0. The van der Waals surface area contributed by atoms with Gasteiger partial charge in [-0.2, -0.15) is 0 Å². The minimum atomic E-state index is -0.741. The summed E-state index contributed by atoms with van der Waals surface area (Å²) in [5.41, 5.74) is 0.314. The summed E-state index contributed by atoms with van der Waals surface area (Å²) >= 11 is 0. The summed E-state index contributed by atoms with van der Waals surface area (Å²) in [5.74, 6) is 0.413. The van der Waals surface area contributed by atoms with Crippen LogP contribution in [0.5, 0.6) is 0 Å². The van der Waals surface area contributed by atoms with E-state index in [9.17, 15) is 9.90 Å². The van der Waals surface area contributed by atoms with Gasteiger partial charge in [-0.3, -0.25) is 4.79 Å². The summed E-state index contributed by atoms with van der Waals surface area (Å²) in [6.45, 7) is 7.75. The van der Waals surface area contributed by atoms with Crippen LogP contribution in [0.15, 0.2) is 35.3 Å². The van der Waals surface area contributed by atoms with E-state index in [2.05, 4.69) is 34.8 Å². The fourth-order valence-corrected chi connectivity index (χ4v) is 2.83. The monoisotopic (exact) mass is 362 g/mol. The van der Waals surface area contributed by atoms with Crippen LogP contribution in [-0.4, -0.2) is 42.2 Å². The molecule has 0 unspecified atom stereocenters. The Morgan fingerprint density at radius 1 is 1.04 bits per heavy atom. The second-order valence-electron chi connectivity index (χ2n) is 6.54. The number of guanidine groups is 1. The first-order valence-corrected chi connectivity index (χ1v) is 9.58. The van der Waals surface area contributed by atoms with E-state index in [1.54, 1.807) is 0 Å². The molecule has 0 aliphatic carbocycles. The molecule has 26 heavy (non-hydrogen) atoms. The lowest BCUT2D eigenvalue weighted by Crippen LogP contribution is -2.47. The van der Waals surface area contributed by atoms with Crippen molar-refractivity contribution in [1.82, 2.24) is 16.0 Å². The van der Waals surface area contributed by atoms with E-state index in [0.29, 0.717) is 25.6 Å². The number of hydrogen-bond acceptors (Lipinski definition) is 3. The predicted octanol–water partition coefficient (Wildman–Crippen LogP) is 2.19. The van der Waals surface area contributed by atoms with Crippen LogP contribution in [-0.2, 0) is 11.3 Å². The first-order chi connectivity index (χ1) is 12.5. The molecule has 0 atom stereocenters. The molecule has 4 N–H and O–H groups in total. The summed E-state index contributed by atoms with van der Waals surface area (Å²) in [4.78, 5) is 16.3. The lowest BCUT2D eigenvalue weighted by molar-refractivity contribution is -0.119. The molecule has 0 aliphatic rings. The average molecular weight is 363 g/mol. The van der Waals surface area contributed by atoms with Gasteiger partial charge in [0.15, 0.2) is 5.96 Å². The Morgan fingerprint density at radius 2 is 1.69 bits per heavy atom. The van der Waals surface area contributed by atoms with E-state index < -0.39 is 5.60 Å². The highest BCUT2D eigenvalue weighted by Gasteiger charge is 2.24. The van der Waals surface area contributed by atoms with Crippen molar-refractivity contribution in [2.75, 3.05) is 19.6 Å². The van der Waals surface area contributed by atoms with Crippen molar-refractivity contribution >= 4 is 11.9 Å². The molecule has 0 heterocycles. The van der Waals surface area contributed by atoms with Gasteiger partial charge in [0.25, 0.3) is 0 Å². The van der Waals surface area contributed by atoms with Crippen LogP contribution >= 0.6 is 0 Å². The number of rotatable bonds is 11. The number of nitrogens with zero attached hydrogens (tertiary/aromatic N) is 1. The van der Waals surface area contributed by atoms with Gasteiger partial charge in [0.2, 0.25) is 5.91 Å². The van der Waals surface area contributed by atoms with Crippen LogP contribution in [0.2, 0.25) is 0 Å². The zero-order chi connectivity index (χ0) is 19.3. The van der Waals surface area contributed by atoms with Crippen molar-refractivity contribution in [3.05, 3.63) is 35.9 Å². The molecule has 6 heteroatoms. The first kappa shape index (κ1) is 22.0. The Hall–Kier alpha value is -2.08. The van der Waals surface area contributed by atoms with Crippen molar-refractivity contribution in [3.8, 4) is 0 Å². The van der Waals surface area contributed by atoms with Crippen LogP contribution in [0.25, 0.3) is 0 Å². The smallest absolute Gasteiger partial charge is 0.242 e. The average Bonchev–Trinajstić information content (AvgIpc) is 2.63. The molecular formula is C20H34N4O2. The van der Waals surface area contributed by atoms with E-state index >= 15 is 0 Å². The molecule has 6 nitrogen and oxygen atoms in total. The summed E-state index contributed by atoms with van der Waals surface area (Å²) in [6.07, 6.45) is 3.33. The molecule has 1 amide bonds. The Labute approximate surface area is 157 Å². The number of carbonyl (C=O) groups is 1. The van der Waals surface area contributed by atoms with Crippen LogP contribution in [0.4, 0.5) is 0 Å². The third kappa shape index (κ3) is 8.85. The van der Waals surface area contributed by atoms with Crippen LogP contribution in [0.1, 0.15) is 52.0 Å². The highest BCUT2D eigenvalue weighted by molar-refractivity contribution is 5.84. The number of benzene rings is 1. The summed E-state index contributed by atoms with van der Waals surface area (Å²) < 4.78 is 0. The maximum atomic E-state index is 12.0. The molecule has 0 bridgehead atoms. The maximum Gasteiger partial charge on any atom is 0.242 e. The number of nitrogens with one attached hydrogen (secondary N) is 3. The normalized spacial score (nSPS) is 11.9. The Balaban J connectivity index is 2.52. The summed E-state index contributed by atoms with van der Waals surface area (Å²) in [5, 5.41) is 19.8. The van der Waals surface area contributed by atoms with Crippen LogP contribution in [0, 0.1) is 0 Å². The van der Waals surface area contributed by atoms with Gasteiger partial charge in [-0.1, -0.05) is 57.0 Å². The summed E-state index contributed by atoms with van der Waals surface area (Å²) in [6, 6.07) is 9.78. The fraction of sp³-hybridized carbons (Fsp3) is 0.600. The van der Waals surface area contributed by atoms with Crippen molar-refractivity contribution in [3.63, 3.8) is 0 Å². The zero-order valence-electron chi connectivity index (χ0n) is 16.3. The molecule has 0 saturated heterocycles. The van der Waals surface area contributed by atoms with Gasteiger partial charge < -0.3 is 21.1 Å². The number of aliphatic imine (C=N–C) groups is 1. The third-order valence-electron chi connectivity index (χ3n) is 4.07. The van der Waals surface area contributed by atoms with Crippen molar-refractivity contribution in [2.45, 2.75) is 58.6 Å². The lowest BCUT2D eigenvalue weighted by atomic mass is 9.93. The van der Waals surface area contributed by atoms with Gasteiger partial charge in [-0.05, 0) is 25.3 Å². The largest absolute Gasteiger partial charge is 0.388 e. The minimum absolute atomic E-state index is 0.0438. The second-order valence-corrected chi connectivity index (χ2v) is 6.54. The van der Waals surface area contributed by atoms with Gasteiger partial charge in [0.1, 0.15) is 6.54 Å². The quantitative estimate of drug-likeness (QED) is 0.359. The Morgan fingerprint density at radius 3 is 2.27 bits per heavy atom.